The predicted molar refractivity (Wildman–Crippen MR) is 129 cm³/mol. The molecule has 0 spiro atoms. The Morgan fingerprint density at radius 1 is 1.06 bits per heavy atom. The molecule has 3 aromatic carbocycles. The zero-order chi connectivity index (χ0) is 22.8. The molecule has 1 heterocycles. The van der Waals surface area contributed by atoms with E-state index in [1.54, 1.807) is 13.2 Å². The number of aryl methyl sites for hydroxylation is 1. The molecule has 0 bridgehead atoms. The zero-order valence-electron chi connectivity index (χ0n) is 18.0. The Balaban J connectivity index is 1.54. The van der Waals surface area contributed by atoms with E-state index >= 15 is 0 Å². The highest BCUT2D eigenvalue weighted by molar-refractivity contribution is 6.42. The van der Waals surface area contributed by atoms with Crippen molar-refractivity contribution >= 4 is 40.1 Å². The van der Waals surface area contributed by atoms with E-state index in [2.05, 4.69) is 14.9 Å². The number of aromatic nitrogens is 2. The van der Waals surface area contributed by atoms with Crippen LogP contribution in [-0.2, 0) is 6.54 Å². The molecule has 0 saturated carbocycles. The monoisotopic (exact) mass is 467 g/mol. The van der Waals surface area contributed by atoms with Gasteiger partial charge in [-0.3, -0.25) is 4.79 Å². The number of hydrogen-bond donors (Lipinski definition) is 1. The van der Waals surface area contributed by atoms with Crippen LogP contribution < -0.4 is 10.1 Å². The molecule has 1 N–H and O–H groups in total. The molecule has 4 aromatic rings. The quantitative estimate of drug-likeness (QED) is 0.367. The molecule has 0 aliphatic carbocycles. The summed E-state index contributed by atoms with van der Waals surface area (Å²) in [7, 11) is 1.63. The fourth-order valence-electron chi connectivity index (χ4n) is 3.67. The predicted octanol–water partition coefficient (Wildman–Crippen LogP) is 6.20. The second-order valence-corrected chi connectivity index (χ2v) is 8.48. The number of nitrogens with one attached hydrogen (secondary N) is 1. The first kappa shape index (κ1) is 22.2. The van der Waals surface area contributed by atoms with Crippen molar-refractivity contribution in [2.75, 3.05) is 7.11 Å². The van der Waals surface area contributed by atoms with E-state index < -0.39 is 0 Å². The molecule has 5 nitrogen and oxygen atoms in total. The van der Waals surface area contributed by atoms with Gasteiger partial charge in [0, 0.05) is 12.1 Å². The molecule has 32 heavy (non-hydrogen) atoms. The van der Waals surface area contributed by atoms with Gasteiger partial charge in [-0.15, -0.1) is 0 Å². The summed E-state index contributed by atoms with van der Waals surface area (Å²) in [6.07, 6.45) is 0. The number of amides is 1. The van der Waals surface area contributed by atoms with Crippen LogP contribution in [0.2, 0.25) is 10.0 Å². The number of imidazole rings is 1. The van der Waals surface area contributed by atoms with Gasteiger partial charge in [-0.2, -0.15) is 0 Å². The summed E-state index contributed by atoms with van der Waals surface area (Å²) >= 11 is 12.2. The number of ether oxygens (including phenoxy) is 1. The number of nitrogens with zero attached hydrogens (tertiary/aromatic N) is 2. The third kappa shape index (κ3) is 4.59. The van der Waals surface area contributed by atoms with Gasteiger partial charge in [-0.1, -0.05) is 41.4 Å². The third-order valence-corrected chi connectivity index (χ3v) is 6.23. The van der Waals surface area contributed by atoms with Crippen molar-refractivity contribution in [3.8, 4) is 5.75 Å². The van der Waals surface area contributed by atoms with Gasteiger partial charge in [-0.05, 0) is 67.4 Å². The summed E-state index contributed by atoms with van der Waals surface area (Å²) in [6, 6.07) is 18.7. The Labute approximate surface area is 196 Å². The maximum Gasteiger partial charge on any atom is 0.251 e. The molecule has 0 fully saturated rings. The van der Waals surface area contributed by atoms with E-state index in [4.69, 9.17) is 27.9 Å². The molecular formula is C25H23Cl2N3O2. The zero-order valence-corrected chi connectivity index (χ0v) is 19.5. The number of fused-ring (bicyclic) bond motifs is 1. The molecule has 0 unspecified atom stereocenters. The van der Waals surface area contributed by atoms with Crippen LogP contribution in [0.15, 0.2) is 60.7 Å². The van der Waals surface area contributed by atoms with Crippen molar-refractivity contribution in [1.82, 2.24) is 14.9 Å². The first-order valence-electron chi connectivity index (χ1n) is 10.2. The molecule has 1 atom stereocenters. The van der Waals surface area contributed by atoms with E-state index in [1.165, 1.54) is 0 Å². The second kappa shape index (κ2) is 9.23. The molecule has 164 valence electrons. The van der Waals surface area contributed by atoms with Crippen molar-refractivity contribution in [3.63, 3.8) is 0 Å². The van der Waals surface area contributed by atoms with Gasteiger partial charge in [0.2, 0.25) is 0 Å². The first-order valence-corrected chi connectivity index (χ1v) is 11.0. The molecule has 0 aliphatic heterocycles. The summed E-state index contributed by atoms with van der Waals surface area (Å²) in [5, 5.41) is 4.10. The highest BCUT2D eigenvalue weighted by Gasteiger charge is 2.15. The van der Waals surface area contributed by atoms with Crippen LogP contribution >= 0.6 is 23.2 Å². The van der Waals surface area contributed by atoms with Gasteiger partial charge < -0.3 is 14.6 Å². The topological polar surface area (TPSA) is 56.1 Å². The lowest BCUT2D eigenvalue weighted by Gasteiger charge is -2.15. The molecule has 7 heteroatoms. The Bertz CT molecular complexity index is 1280. The van der Waals surface area contributed by atoms with Gasteiger partial charge in [-0.25, -0.2) is 4.98 Å². The molecular weight excluding hydrogens is 445 g/mol. The van der Waals surface area contributed by atoms with Gasteiger partial charge in [0.15, 0.2) is 0 Å². The fraction of sp³-hybridized carbons (Fsp3) is 0.200. The maximum absolute atomic E-state index is 12.8. The highest BCUT2D eigenvalue weighted by atomic mass is 35.5. The third-order valence-electron chi connectivity index (χ3n) is 5.49. The Hall–Kier alpha value is -3.02. The molecule has 0 radical (unpaired) electrons. The summed E-state index contributed by atoms with van der Waals surface area (Å²) in [5.74, 6) is 1.49. The number of hydrogen-bond acceptors (Lipinski definition) is 3. The Morgan fingerprint density at radius 2 is 1.81 bits per heavy atom. The van der Waals surface area contributed by atoms with Crippen molar-refractivity contribution in [1.29, 1.82) is 0 Å². The van der Waals surface area contributed by atoms with E-state index in [9.17, 15) is 4.79 Å². The van der Waals surface area contributed by atoms with Crippen molar-refractivity contribution in [3.05, 3.63) is 93.2 Å². The fourth-order valence-corrected chi connectivity index (χ4v) is 3.99. The minimum absolute atomic E-state index is 0.141. The van der Waals surface area contributed by atoms with Gasteiger partial charge in [0.1, 0.15) is 11.6 Å². The molecule has 1 aromatic heterocycles. The molecule has 1 amide bonds. The van der Waals surface area contributed by atoms with Gasteiger partial charge >= 0.3 is 0 Å². The lowest BCUT2D eigenvalue weighted by Crippen LogP contribution is -2.26. The average molecular weight is 468 g/mol. The number of carbonyl (C=O) groups is 1. The Morgan fingerprint density at radius 3 is 2.50 bits per heavy atom. The van der Waals surface area contributed by atoms with Crippen LogP contribution in [0.1, 0.15) is 40.3 Å². The standard InChI is InChI=1S/C25H23Cl2N3O2/c1-15(18-5-8-20(32-3)9-6-18)28-25(31)19-7-11-24-23(13-19)29-16(2)30(24)14-17-4-10-21(26)22(27)12-17/h4-13,15H,14H2,1-3H3,(H,28,31)/t15-/m1/s1. The van der Waals surface area contributed by atoms with Gasteiger partial charge in [0.25, 0.3) is 5.91 Å². The van der Waals surface area contributed by atoms with Crippen LogP contribution in [0.5, 0.6) is 5.75 Å². The first-order chi connectivity index (χ1) is 15.4. The number of rotatable bonds is 6. The highest BCUT2D eigenvalue weighted by Crippen LogP contribution is 2.25. The van der Waals surface area contributed by atoms with Crippen molar-refractivity contribution < 1.29 is 9.53 Å². The SMILES string of the molecule is COc1ccc([C@@H](C)NC(=O)c2ccc3c(c2)nc(C)n3Cc2ccc(Cl)c(Cl)c2)cc1. The van der Waals surface area contributed by atoms with Crippen molar-refractivity contribution in [2.24, 2.45) is 0 Å². The minimum atomic E-state index is -0.146. The van der Waals surface area contributed by atoms with Crippen LogP contribution in [0.25, 0.3) is 11.0 Å². The molecule has 0 aliphatic rings. The van der Waals surface area contributed by atoms with E-state index in [1.807, 2.05) is 68.4 Å². The molecule has 0 saturated heterocycles. The summed E-state index contributed by atoms with van der Waals surface area (Å²) < 4.78 is 7.29. The van der Waals surface area contributed by atoms with Crippen molar-refractivity contribution in [2.45, 2.75) is 26.4 Å². The summed E-state index contributed by atoms with van der Waals surface area (Å²) in [6.45, 7) is 4.51. The summed E-state index contributed by atoms with van der Waals surface area (Å²) in [4.78, 5) is 17.5. The van der Waals surface area contributed by atoms with Gasteiger partial charge in [0.05, 0.1) is 34.2 Å². The number of benzene rings is 3. The number of halogens is 2. The van der Waals surface area contributed by atoms with E-state index in [0.29, 0.717) is 22.2 Å². The second-order valence-electron chi connectivity index (χ2n) is 7.67. The number of methoxy groups -OCH3 is 1. The van der Waals surface area contributed by atoms with E-state index in [0.717, 1.165) is 33.7 Å². The van der Waals surface area contributed by atoms with Crippen LogP contribution in [-0.4, -0.2) is 22.6 Å². The largest absolute Gasteiger partial charge is 0.497 e. The maximum atomic E-state index is 12.8. The smallest absolute Gasteiger partial charge is 0.251 e. The average Bonchev–Trinajstić information content (AvgIpc) is 3.10. The lowest BCUT2D eigenvalue weighted by atomic mass is 10.1. The van der Waals surface area contributed by atoms with Crippen LogP contribution in [0.3, 0.4) is 0 Å². The number of carbonyl (C=O) groups excluding carboxylic acids is 1. The summed E-state index contributed by atoms with van der Waals surface area (Å²) in [5.41, 5.74) is 4.32. The normalized spacial score (nSPS) is 12.0. The Kier molecular flexibility index (Phi) is 6.40. The van der Waals surface area contributed by atoms with E-state index in [-0.39, 0.29) is 11.9 Å². The lowest BCUT2D eigenvalue weighted by molar-refractivity contribution is 0.0940. The minimum Gasteiger partial charge on any atom is -0.497 e. The van der Waals surface area contributed by atoms with Crippen LogP contribution in [0.4, 0.5) is 0 Å². The molecule has 4 rings (SSSR count). The van der Waals surface area contributed by atoms with Crippen LogP contribution in [0, 0.1) is 6.92 Å².